The van der Waals surface area contributed by atoms with Crippen molar-refractivity contribution in [3.05, 3.63) is 25.4 Å². The van der Waals surface area contributed by atoms with E-state index in [4.69, 9.17) is 0 Å². The van der Waals surface area contributed by atoms with Gasteiger partial charge in [-0.05, 0) is 6.08 Å². The van der Waals surface area contributed by atoms with Crippen LogP contribution in [0.25, 0.3) is 0 Å². The van der Waals surface area contributed by atoms with Gasteiger partial charge in [-0.25, -0.2) is 9.98 Å². The molecule has 0 rings (SSSR count). The number of allylic oxidation sites excluding steroid dienone is 1. The van der Waals surface area contributed by atoms with E-state index in [9.17, 15) is 0 Å². The van der Waals surface area contributed by atoms with Crippen LogP contribution in [0.2, 0.25) is 0 Å². The largest absolute Gasteiger partial charge is 0.245 e. The van der Waals surface area contributed by atoms with Gasteiger partial charge in [0.1, 0.15) is 6.34 Å². The number of hydrogen-bond donors (Lipinski definition) is 0. The van der Waals surface area contributed by atoms with Crippen LogP contribution in [-0.2, 0) is 0 Å². The van der Waals surface area contributed by atoms with Crippen molar-refractivity contribution in [1.29, 1.82) is 0 Å². The monoisotopic (exact) mass is 164 g/mol. The first kappa shape index (κ1) is 10.8. The highest BCUT2D eigenvalue weighted by molar-refractivity contribution is 6.02. The molecule has 0 aliphatic heterocycles. The Morgan fingerprint density at radius 3 is 2.17 bits per heavy atom. The van der Waals surface area contributed by atoms with Gasteiger partial charge in [-0.3, -0.25) is 0 Å². The zero-order valence-electron chi connectivity index (χ0n) is 8.04. The summed E-state index contributed by atoms with van der Waals surface area (Å²) in [5.41, 5.74) is 0.947. The molecule has 0 aromatic heterocycles. The second kappa shape index (κ2) is 4.65. The van der Waals surface area contributed by atoms with Crippen LogP contribution < -0.4 is 0 Å². The molecular weight excluding hydrogens is 148 g/mol. The highest BCUT2D eigenvalue weighted by atomic mass is 14.8. The topological polar surface area (TPSA) is 24.7 Å². The maximum Gasteiger partial charge on any atom is 0.115 e. The minimum absolute atomic E-state index is 0.0228. The van der Waals surface area contributed by atoms with Crippen molar-refractivity contribution in [2.24, 2.45) is 15.4 Å². The lowest BCUT2D eigenvalue weighted by Gasteiger charge is -2.17. The second-order valence-electron chi connectivity index (χ2n) is 3.42. The van der Waals surface area contributed by atoms with E-state index in [1.807, 2.05) is 0 Å². The van der Waals surface area contributed by atoms with E-state index in [1.54, 1.807) is 6.08 Å². The molecule has 0 spiro atoms. The average Bonchev–Trinajstić information content (AvgIpc) is 1.95. The van der Waals surface area contributed by atoms with Gasteiger partial charge in [-0.2, -0.15) is 0 Å². The Morgan fingerprint density at radius 2 is 1.83 bits per heavy atom. The SMILES string of the molecule is C=C/N=C\N=C(/C=C)C(C)(C)C. The third kappa shape index (κ3) is 3.86. The predicted molar refractivity (Wildman–Crippen MR) is 55.8 cm³/mol. The Balaban J connectivity index is 4.55. The van der Waals surface area contributed by atoms with Crippen LogP contribution in [0.5, 0.6) is 0 Å². The molecule has 0 aliphatic carbocycles. The Kier molecular flexibility index (Phi) is 4.19. The van der Waals surface area contributed by atoms with Crippen LogP contribution in [0.15, 0.2) is 35.4 Å². The molecule has 66 valence electrons. The fourth-order valence-corrected chi connectivity index (χ4v) is 0.695. The molecule has 0 bridgehead atoms. The molecule has 2 nitrogen and oxygen atoms in total. The molecule has 0 aromatic rings. The maximum absolute atomic E-state index is 4.14. The summed E-state index contributed by atoms with van der Waals surface area (Å²) in [7, 11) is 0. The van der Waals surface area contributed by atoms with Gasteiger partial charge in [-0.1, -0.05) is 33.9 Å². The first-order chi connectivity index (χ1) is 5.52. The van der Waals surface area contributed by atoms with Gasteiger partial charge in [0.2, 0.25) is 0 Å². The number of nitrogens with zero attached hydrogens (tertiary/aromatic N) is 2. The molecule has 0 heterocycles. The lowest BCUT2D eigenvalue weighted by molar-refractivity contribution is 0.595. The van der Waals surface area contributed by atoms with E-state index in [0.717, 1.165) is 5.71 Å². The van der Waals surface area contributed by atoms with Crippen LogP contribution in [0.3, 0.4) is 0 Å². The number of hydrogen-bond acceptors (Lipinski definition) is 1. The minimum Gasteiger partial charge on any atom is -0.245 e. The van der Waals surface area contributed by atoms with E-state index in [2.05, 4.69) is 43.9 Å². The quantitative estimate of drug-likeness (QED) is 0.452. The lowest BCUT2D eigenvalue weighted by atomic mass is 9.90. The van der Waals surface area contributed by atoms with Gasteiger partial charge in [0.15, 0.2) is 0 Å². The van der Waals surface area contributed by atoms with Gasteiger partial charge < -0.3 is 0 Å². The molecule has 0 saturated carbocycles. The highest BCUT2D eigenvalue weighted by Crippen LogP contribution is 2.16. The highest BCUT2D eigenvalue weighted by Gasteiger charge is 2.14. The molecule has 0 radical (unpaired) electrons. The third-order valence-corrected chi connectivity index (χ3v) is 1.33. The zero-order valence-corrected chi connectivity index (χ0v) is 8.04. The van der Waals surface area contributed by atoms with Crippen molar-refractivity contribution in [2.45, 2.75) is 20.8 Å². The maximum atomic E-state index is 4.14. The fraction of sp³-hybridized carbons (Fsp3) is 0.400. The van der Waals surface area contributed by atoms with Gasteiger partial charge in [0.25, 0.3) is 0 Å². The Bertz CT molecular complexity index is 216. The van der Waals surface area contributed by atoms with Gasteiger partial charge in [0, 0.05) is 17.3 Å². The van der Waals surface area contributed by atoms with Crippen LogP contribution in [0.4, 0.5) is 0 Å². The number of aliphatic imine (C=N–C) groups is 2. The third-order valence-electron chi connectivity index (χ3n) is 1.33. The summed E-state index contributed by atoms with van der Waals surface area (Å²) in [6, 6.07) is 0. The molecule has 0 aromatic carbocycles. The van der Waals surface area contributed by atoms with Gasteiger partial charge >= 0.3 is 0 Å². The fourth-order valence-electron chi connectivity index (χ4n) is 0.695. The summed E-state index contributed by atoms with van der Waals surface area (Å²) < 4.78 is 0. The first-order valence-electron chi connectivity index (χ1n) is 3.85. The van der Waals surface area contributed by atoms with Crippen molar-refractivity contribution in [2.75, 3.05) is 0 Å². The Hall–Kier alpha value is -1.18. The van der Waals surface area contributed by atoms with Crippen LogP contribution in [-0.4, -0.2) is 12.1 Å². The Morgan fingerprint density at radius 1 is 1.25 bits per heavy atom. The molecule has 2 heteroatoms. The second-order valence-corrected chi connectivity index (χ2v) is 3.42. The molecule has 0 atom stereocenters. The first-order valence-corrected chi connectivity index (χ1v) is 3.85. The van der Waals surface area contributed by atoms with Gasteiger partial charge in [-0.15, -0.1) is 0 Å². The van der Waals surface area contributed by atoms with E-state index in [1.165, 1.54) is 12.5 Å². The molecule has 0 aliphatic rings. The summed E-state index contributed by atoms with van der Waals surface area (Å²) >= 11 is 0. The molecular formula is C10H16N2. The molecule has 0 N–H and O–H groups in total. The minimum atomic E-state index is 0.0228. The van der Waals surface area contributed by atoms with Gasteiger partial charge in [0.05, 0.1) is 0 Å². The molecule has 0 saturated heterocycles. The lowest BCUT2D eigenvalue weighted by Crippen LogP contribution is -2.17. The summed E-state index contributed by atoms with van der Waals surface area (Å²) in [6.45, 7) is 13.4. The molecule has 12 heavy (non-hydrogen) atoms. The van der Waals surface area contributed by atoms with E-state index < -0.39 is 0 Å². The normalized spacial score (nSPS) is 13.4. The standard InChI is InChI=1S/C10H16N2/c1-6-9(10(3,4)5)12-8-11-7-2/h6-8H,1-2H2,3-5H3/b11-8-,12-9+. The molecule has 0 amide bonds. The summed E-state index contributed by atoms with van der Waals surface area (Å²) in [5, 5.41) is 0. The zero-order chi connectivity index (χ0) is 9.61. The molecule has 0 unspecified atom stereocenters. The summed E-state index contributed by atoms with van der Waals surface area (Å²) in [6.07, 6.45) is 4.68. The average molecular weight is 164 g/mol. The van der Waals surface area contributed by atoms with E-state index in [0.29, 0.717) is 0 Å². The van der Waals surface area contributed by atoms with Crippen molar-refractivity contribution < 1.29 is 0 Å². The summed E-state index contributed by atoms with van der Waals surface area (Å²) in [5.74, 6) is 0. The number of rotatable bonds is 3. The summed E-state index contributed by atoms with van der Waals surface area (Å²) in [4.78, 5) is 7.92. The molecule has 0 fully saturated rings. The van der Waals surface area contributed by atoms with Crippen LogP contribution in [0, 0.1) is 5.41 Å². The van der Waals surface area contributed by atoms with Crippen LogP contribution >= 0.6 is 0 Å². The van der Waals surface area contributed by atoms with Crippen molar-refractivity contribution in [3.63, 3.8) is 0 Å². The van der Waals surface area contributed by atoms with Crippen molar-refractivity contribution in [1.82, 2.24) is 0 Å². The smallest absolute Gasteiger partial charge is 0.115 e. The van der Waals surface area contributed by atoms with E-state index in [-0.39, 0.29) is 5.41 Å². The predicted octanol–water partition coefficient (Wildman–Crippen LogP) is 2.83. The van der Waals surface area contributed by atoms with Crippen LogP contribution in [0.1, 0.15) is 20.8 Å². The Labute approximate surface area is 74.4 Å². The van der Waals surface area contributed by atoms with Crippen molar-refractivity contribution >= 4 is 12.1 Å². The van der Waals surface area contributed by atoms with E-state index >= 15 is 0 Å². The van der Waals surface area contributed by atoms with Crippen molar-refractivity contribution in [3.8, 4) is 0 Å².